The summed E-state index contributed by atoms with van der Waals surface area (Å²) in [5.41, 5.74) is 3.11. The largest absolute Gasteiger partial charge is 0.359 e. The number of nitrogens with one attached hydrogen (secondary N) is 1. The van der Waals surface area contributed by atoms with Gasteiger partial charge >= 0.3 is 0 Å². The van der Waals surface area contributed by atoms with Gasteiger partial charge in [0.15, 0.2) is 17.4 Å². The Labute approximate surface area is 174 Å². The Kier molecular flexibility index (Phi) is 4.43. The SMILES string of the molecule is Cc1nc(C)c(-c2cc(CN3Cc4[nH]c(-c5cccc(F)c5F)nc4C=N3)on2)s1. The van der Waals surface area contributed by atoms with E-state index >= 15 is 0 Å². The molecule has 5 rings (SSSR count). The Morgan fingerprint density at radius 3 is 2.90 bits per heavy atom. The summed E-state index contributed by atoms with van der Waals surface area (Å²) in [6, 6.07) is 5.89. The summed E-state index contributed by atoms with van der Waals surface area (Å²) >= 11 is 1.57. The number of hydrogen-bond donors (Lipinski definition) is 1. The van der Waals surface area contributed by atoms with E-state index in [1.54, 1.807) is 22.6 Å². The molecule has 0 saturated carbocycles. The van der Waals surface area contributed by atoms with E-state index < -0.39 is 11.6 Å². The number of rotatable bonds is 4. The molecule has 0 radical (unpaired) electrons. The van der Waals surface area contributed by atoms with Gasteiger partial charge < -0.3 is 9.51 Å². The first kappa shape index (κ1) is 18.6. The fraction of sp³-hybridized carbons (Fsp3) is 0.200. The number of hydrogen-bond acceptors (Lipinski definition) is 7. The number of imidazole rings is 1. The molecule has 0 bridgehead atoms. The van der Waals surface area contributed by atoms with Gasteiger partial charge in [-0.25, -0.2) is 18.7 Å². The molecule has 0 atom stereocenters. The molecule has 10 heteroatoms. The van der Waals surface area contributed by atoms with Crippen LogP contribution in [0.3, 0.4) is 0 Å². The number of thiazole rings is 1. The van der Waals surface area contributed by atoms with Gasteiger partial charge in [-0.15, -0.1) is 11.3 Å². The van der Waals surface area contributed by atoms with Crippen molar-refractivity contribution < 1.29 is 13.3 Å². The van der Waals surface area contributed by atoms with Crippen LogP contribution in [-0.2, 0) is 13.1 Å². The maximum Gasteiger partial charge on any atom is 0.169 e. The first-order chi connectivity index (χ1) is 14.5. The van der Waals surface area contributed by atoms with Gasteiger partial charge in [-0.2, -0.15) is 5.10 Å². The lowest BCUT2D eigenvalue weighted by Gasteiger charge is -2.19. The number of aromatic amines is 1. The molecule has 7 nitrogen and oxygen atoms in total. The van der Waals surface area contributed by atoms with Gasteiger partial charge in [0.05, 0.1) is 46.1 Å². The minimum absolute atomic E-state index is 0.0828. The van der Waals surface area contributed by atoms with Crippen LogP contribution in [0.2, 0.25) is 0 Å². The zero-order chi connectivity index (χ0) is 20.8. The lowest BCUT2D eigenvalue weighted by Crippen LogP contribution is -2.21. The number of aromatic nitrogens is 4. The summed E-state index contributed by atoms with van der Waals surface area (Å²) in [6.07, 6.45) is 1.59. The third-order valence-electron chi connectivity index (χ3n) is 4.73. The Bertz CT molecular complexity index is 1270. The van der Waals surface area contributed by atoms with Crippen LogP contribution in [0, 0.1) is 25.5 Å². The molecule has 4 aromatic rings. The standard InChI is InChI=1S/C20H16F2N6OS/c1-10-19(30-11(2)24-10)15-6-12(29-27-15)8-28-9-17-16(7-23-28)25-20(26-17)13-4-3-5-14(21)18(13)22/h3-7H,8-9H2,1-2H3,(H,25,26). The molecule has 4 heterocycles. The number of H-pyrrole nitrogens is 1. The Morgan fingerprint density at radius 1 is 1.23 bits per heavy atom. The molecule has 0 fully saturated rings. The van der Waals surface area contributed by atoms with Crippen molar-refractivity contribution in [2.24, 2.45) is 5.10 Å². The van der Waals surface area contributed by atoms with Gasteiger partial charge in [0, 0.05) is 6.07 Å². The van der Waals surface area contributed by atoms with Crippen LogP contribution in [0.1, 0.15) is 27.8 Å². The van der Waals surface area contributed by atoms with E-state index in [0.717, 1.165) is 33.0 Å². The number of hydrazone groups is 1. The van der Waals surface area contributed by atoms with Crippen LogP contribution in [-0.4, -0.2) is 31.3 Å². The number of fused-ring (bicyclic) bond motifs is 1. The smallest absolute Gasteiger partial charge is 0.169 e. The van der Waals surface area contributed by atoms with E-state index in [2.05, 4.69) is 25.2 Å². The molecule has 0 unspecified atom stereocenters. The highest BCUT2D eigenvalue weighted by atomic mass is 32.1. The predicted molar refractivity (Wildman–Crippen MR) is 108 cm³/mol. The zero-order valence-electron chi connectivity index (χ0n) is 16.1. The second kappa shape index (κ2) is 7.13. The van der Waals surface area contributed by atoms with Crippen LogP contribution in [0.5, 0.6) is 0 Å². The minimum Gasteiger partial charge on any atom is -0.359 e. The third kappa shape index (κ3) is 3.28. The average molecular weight is 426 g/mol. The van der Waals surface area contributed by atoms with Crippen molar-refractivity contribution in [3.63, 3.8) is 0 Å². The van der Waals surface area contributed by atoms with Gasteiger partial charge in [-0.05, 0) is 26.0 Å². The number of halogens is 2. The Balaban J connectivity index is 1.34. The molecular weight excluding hydrogens is 410 g/mol. The normalized spacial score (nSPS) is 13.1. The summed E-state index contributed by atoms with van der Waals surface area (Å²) in [6.45, 7) is 4.73. The van der Waals surface area contributed by atoms with Gasteiger partial charge in [0.2, 0.25) is 0 Å². The van der Waals surface area contributed by atoms with Crippen molar-refractivity contribution in [2.45, 2.75) is 26.9 Å². The van der Waals surface area contributed by atoms with Crippen molar-refractivity contribution >= 4 is 17.6 Å². The molecule has 0 aliphatic carbocycles. The minimum atomic E-state index is -0.930. The van der Waals surface area contributed by atoms with Crippen molar-refractivity contribution in [3.8, 4) is 22.0 Å². The molecule has 1 aromatic carbocycles. The van der Waals surface area contributed by atoms with Gasteiger partial charge in [-0.3, -0.25) is 5.01 Å². The second-order valence-electron chi connectivity index (χ2n) is 6.94. The number of aryl methyl sites for hydroxylation is 2. The summed E-state index contributed by atoms with van der Waals surface area (Å²) in [5, 5.41) is 11.3. The molecule has 0 spiro atoms. The van der Waals surface area contributed by atoms with E-state index in [1.165, 1.54) is 12.1 Å². The van der Waals surface area contributed by atoms with Crippen molar-refractivity contribution in [3.05, 3.63) is 63.7 Å². The maximum absolute atomic E-state index is 14.1. The summed E-state index contributed by atoms with van der Waals surface area (Å²) < 4.78 is 33.1. The van der Waals surface area contributed by atoms with Crippen LogP contribution in [0.15, 0.2) is 33.9 Å². The fourth-order valence-corrected chi connectivity index (χ4v) is 4.24. The van der Waals surface area contributed by atoms with E-state index in [-0.39, 0.29) is 11.4 Å². The molecule has 152 valence electrons. The molecule has 0 amide bonds. The highest BCUT2D eigenvalue weighted by Gasteiger charge is 2.21. The monoisotopic (exact) mass is 426 g/mol. The van der Waals surface area contributed by atoms with Crippen molar-refractivity contribution in [1.29, 1.82) is 0 Å². The van der Waals surface area contributed by atoms with E-state index in [4.69, 9.17) is 4.52 Å². The van der Waals surface area contributed by atoms with Gasteiger partial charge in [0.1, 0.15) is 17.2 Å². The van der Waals surface area contributed by atoms with Crippen LogP contribution < -0.4 is 0 Å². The van der Waals surface area contributed by atoms with Crippen LogP contribution >= 0.6 is 11.3 Å². The Morgan fingerprint density at radius 2 is 2.10 bits per heavy atom. The maximum atomic E-state index is 14.1. The van der Waals surface area contributed by atoms with Gasteiger partial charge in [-0.1, -0.05) is 11.2 Å². The third-order valence-corrected chi connectivity index (χ3v) is 5.83. The molecule has 0 saturated heterocycles. The highest BCUT2D eigenvalue weighted by Crippen LogP contribution is 2.30. The molecule has 3 aromatic heterocycles. The van der Waals surface area contributed by atoms with E-state index in [1.807, 2.05) is 19.9 Å². The molecule has 1 N–H and O–H groups in total. The molecular formula is C20H16F2N6OS. The first-order valence-corrected chi connectivity index (χ1v) is 10.0. The predicted octanol–water partition coefficient (Wildman–Crippen LogP) is 4.43. The number of benzene rings is 1. The average Bonchev–Trinajstić information content (AvgIpc) is 3.42. The van der Waals surface area contributed by atoms with Crippen molar-refractivity contribution in [2.75, 3.05) is 0 Å². The van der Waals surface area contributed by atoms with E-state index in [0.29, 0.717) is 24.5 Å². The van der Waals surface area contributed by atoms with Gasteiger partial charge in [0.25, 0.3) is 0 Å². The molecule has 1 aliphatic heterocycles. The van der Waals surface area contributed by atoms with Crippen LogP contribution in [0.4, 0.5) is 8.78 Å². The van der Waals surface area contributed by atoms with E-state index in [9.17, 15) is 8.78 Å². The summed E-state index contributed by atoms with van der Waals surface area (Å²) in [7, 11) is 0. The lowest BCUT2D eigenvalue weighted by molar-refractivity contribution is 0.229. The quantitative estimate of drug-likeness (QED) is 0.522. The second-order valence-corrected chi connectivity index (χ2v) is 8.15. The van der Waals surface area contributed by atoms with Crippen LogP contribution in [0.25, 0.3) is 22.0 Å². The zero-order valence-corrected chi connectivity index (χ0v) is 16.9. The fourth-order valence-electron chi connectivity index (χ4n) is 3.36. The summed E-state index contributed by atoms with van der Waals surface area (Å²) in [4.78, 5) is 12.8. The molecule has 30 heavy (non-hydrogen) atoms. The lowest BCUT2D eigenvalue weighted by atomic mass is 10.2. The Hall–Kier alpha value is -3.40. The topological polar surface area (TPSA) is 83.2 Å². The summed E-state index contributed by atoms with van der Waals surface area (Å²) in [5.74, 6) is -0.917. The first-order valence-electron chi connectivity index (χ1n) is 9.20. The number of nitrogens with zero attached hydrogens (tertiary/aromatic N) is 5. The molecule has 1 aliphatic rings. The van der Waals surface area contributed by atoms with Crippen molar-refractivity contribution in [1.82, 2.24) is 25.1 Å². The highest BCUT2D eigenvalue weighted by molar-refractivity contribution is 7.15.